The molecule has 0 aromatic rings. The number of esters is 2. The van der Waals surface area contributed by atoms with E-state index in [0.29, 0.717) is 24.4 Å². The normalized spacial score (nSPS) is 10.5. The molecule has 0 aliphatic rings. The molecule has 0 bridgehead atoms. The SMILES string of the molecule is C=C(C)C(=O)OCCCCCCCCCC.C=C(C)C(=O)OCCCCCCCCCCCCCCCCCC. The van der Waals surface area contributed by atoms with Crippen molar-refractivity contribution in [2.75, 3.05) is 13.2 Å². The fourth-order valence-electron chi connectivity index (χ4n) is 4.46. The smallest absolute Gasteiger partial charge is 0.333 e. The maximum atomic E-state index is 11.2. The summed E-state index contributed by atoms with van der Waals surface area (Å²) in [6, 6.07) is 0. The summed E-state index contributed by atoms with van der Waals surface area (Å²) in [4.78, 5) is 22.2. The second-order valence-electron chi connectivity index (χ2n) is 11.6. The number of carbonyl (C=O) groups excluding carboxylic acids is 2. The van der Waals surface area contributed by atoms with E-state index in [-0.39, 0.29) is 11.9 Å². The molecule has 0 heterocycles. The summed E-state index contributed by atoms with van der Waals surface area (Å²) in [5.41, 5.74) is 0.978. The summed E-state index contributed by atoms with van der Waals surface area (Å²) in [5, 5.41) is 0. The van der Waals surface area contributed by atoms with Crippen LogP contribution in [0.2, 0.25) is 0 Å². The molecule has 0 aliphatic carbocycles. The van der Waals surface area contributed by atoms with Crippen molar-refractivity contribution in [3.05, 3.63) is 24.3 Å². The molecule has 4 nitrogen and oxygen atoms in total. The molecule has 0 fully saturated rings. The van der Waals surface area contributed by atoms with Crippen LogP contribution in [0.4, 0.5) is 0 Å². The van der Waals surface area contributed by atoms with E-state index in [0.717, 1.165) is 19.3 Å². The van der Waals surface area contributed by atoms with Crippen LogP contribution in [0, 0.1) is 0 Å². The van der Waals surface area contributed by atoms with Crippen LogP contribution in [-0.2, 0) is 19.1 Å². The quantitative estimate of drug-likeness (QED) is 0.0538. The predicted molar refractivity (Wildman–Crippen MR) is 174 cm³/mol. The van der Waals surface area contributed by atoms with Crippen molar-refractivity contribution in [1.29, 1.82) is 0 Å². The highest BCUT2D eigenvalue weighted by atomic mass is 16.5. The third-order valence-electron chi connectivity index (χ3n) is 7.16. The van der Waals surface area contributed by atoms with Crippen molar-refractivity contribution >= 4 is 11.9 Å². The van der Waals surface area contributed by atoms with Crippen LogP contribution in [-0.4, -0.2) is 25.2 Å². The minimum Gasteiger partial charge on any atom is -0.462 e. The van der Waals surface area contributed by atoms with E-state index in [1.807, 2.05) is 0 Å². The van der Waals surface area contributed by atoms with Gasteiger partial charge < -0.3 is 9.47 Å². The van der Waals surface area contributed by atoms with Gasteiger partial charge in [-0.1, -0.05) is 168 Å². The van der Waals surface area contributed by atoms with Crippen molar-refractivity contribution in [1.82, 2.24) is 0 Å². The molecule has 0 aliphatic heterocycles. The Hall–Kier alpha value is -1.58. The minimum absolute atomic E-state index is 0.254. The van der Waals surface area contributed by atoms with Crippen molar-refractivity contribution < 1.29 is 19.1 Å². The predicted octanol–water partition coefficient (Wildman–Crippen LogP) is 11.6. The summed E-state index contributed by atoms with van der Waals surface area (Å²) in [6.45, 7) is 16.1. The first-order valence-corrected chi connectivity index (χ1v) is 17.0. The number of unbranched alkanes of at least 4 members (excludes halogenated alkanes) is 22. The molecule has 0 spiro atoms. The van der Waals surface area contributed by atoms with Crippen LogP contribution >= 0.6 is 0 Å². The zero-order valence-corrected chi connectivity index (χ0v) is 27.4. The first-order valence-electron chi connectivity index (χ1n) is 17.0. The minimum atomic E-state index is -0.261. The van der Waals surface area contributed by atoms with E-state index in [9.17, 15) is 9.59 Å². The standard InChI is InChI=1S/C22H42O2.C14H26O2/c1-4-5-6-7-8-9-10-11-12-13-14-15-16-17-18-19-20-24-22(23)21(2)3;1-4-5-6-7-8-9-10-11-12-16-14(15)13(2)3/h2,4-20H2,1,3H3;2,4-12H2,1,3H3. The van der Waals surface area contributed by atoms with E-state index in [1.165, 1.54) is 135 Å². The van der Waals surface area contributed by atoms with Crippen molar-refractivity contribution in [3.8, 4) is 0 Å². The zero-order valence-electron chi connectivity index (χ0n) is 27.4. The Bertz CT molecular complexity index is 596. The monoisotopic (exact) mass is 565 g/mol. The molecule has 0 unspecified atom stereocenters. The Morgan fingerprint density at radius 3 is 0.800 bits per heavy atom. The molecular weight excluding hydrogens is 496 g/mol. The molecule has 4 heteroatoms. The molecular formula is C36H68O4. The number of carbonyl (C=O) groups is 2. The number of hydrogen-bond donors (Lipinski definition) is 0. The molecule has 0 amide bonds. The summed E-state index contributed by atoms with van der Waals surface area (Å²) in [7, 11) is 0. The molecule has 0 N–H and O–H groups in total. The van der Waals surface area contributed by atoms with E-state index < -0.39 is 0 Å². The topological polar surface area (TPSA) is 52.6 Å². The molecule has 0 saturated carbocycles. The molecule has 40 heavy (non-hydrogen) atoms. The van der Waals surface area contributed by atoms with Crippen LogP contribution in [0.3, 0.4) is 0 Å². The Morgan fingerprint density at radius 1 is 0.400 bits per heavy atom. The van der Waals surface area contributed by atoms with Gasteiger partial charge >= 0.3 is 11.9 Å². The first-order chi connectivity index (χ1) is 19.4. The molecule has 0 radical (unpaired) electrons. The molecule has 0 atom stereocenters. The molecule has 0 aromatic carbocycles. The highest BCUT2D eigenvalue weighted by molar-refractivity contribution is 5.87. The second kappa shape index (κ2) is 33.6. The lowest BCUT2D eigenvalue weighted by molar-refractivity contribution is -0.139. The maximum absolute atomic E-state index is 11.2. The highest BCUT2D eigenvalue weighted by Crippen LogP contribution is 2.14. The van der Waals surface area contributed by atoms with Gasteiger partial charge in [0.2, 0.25) is 0 Å². The van der Waals surface area contributed by atoms with E-state index >= 15 is 0 Å². The van der Waals surface area contributed by atoms with Gasteiger partial charge in [-0.2, -0.15) is 0 Å². The average Bonchev–Trinajstić information content (AvgIpc) is 2.93. The summed E-state index contributed by atoms with van der Waals surface area (Å²) >= 11 is 0. The van der Waals surface area contributed by atoms with Gasteiger partial charge in [0.15, 0.2) is 0 Å². The van der Waals surface area contributed by atoms with Crippen LogP contribution in [0.5, 0.6) is 0 Å². The van der Waals surface area contributed by atoms with Crippen molar-refractivity contribution in [3.63, 3.8) is 0 Å². The Balaban J connectivity index is 0. The van der Waals surface area contributed by atoms with Gasteiger partial charge in [-0.05, 0) is 26.7 Å². The second-order valence-corrected chi connectivity index (χ2v) is 11.6. The number of rotatable bonds is 28. The lowest BCUT2D eigenvalue weighted by Gasteiger charge is -2.05. The molecule has 236 valence electrons. The van der Waals surface area contributed by atoms with Crippen LogP contribution in [0.25, 0.3) is 0 Å². The third kappa shape index (κ3) is 34.4. The summed E-state index contributed by atoms with van der Waals surface area (Å²) in [5.74, 6) is -0.515. The van der Waals surface area contributed by atoms with Gasteiger partial charge in [-0.3, -0.25) is 0 Å². The van der Waals surface area contributed by atoms with Crippen molar-refractivity contribution in [2.45, 2.75) is 182 Å². The van der Waals surface area contributed by atoms with E-state index in [4.69, 9.17) is 9.47 Å². The zero-order chi connectivity index (χ0) is 30.1. The first kappa shape index (κ1) is 40.6. The average molecular weight is 565 g/mol. The maximum Gasteiger partial charge on any atom is 0.333 e. The van der Waals surface area contributed by atoms with Gasteiger partial charge in [0.25, 0.3) is 0 Å². The lowest BCUT2D eigenvalue weighted by Crippen LogP contribution is -2.05. The van der Waals surface area contributed by atoms with E-state index in [2.05, 4.69) is 27.0 Å². The van der Waals surface area contributed by atoms with Crippen LogP contribution in [0.1, 0.15) is 182 Å². The third-order valence-corrected chi connectivity index (χ3v) is 7.16. The van der Waals surface area contributed by atoms with Gasteiger partial charge in [0.1, 0.15) is 0 Å². The van der Waals surface area contributed by atoms with Gasteiger partial charge in [-0.25, -0.2) is 9.59 Å². The Morgan fingerprint density at radius 2 is 0.600 bits per heavy atom. The molecule has 0 rings (SSSR count). The van der Waals surface area contributed by atoms with Gasteiger partial charge in [0.05, 0.1) is 13.2 Å². The van der Waals surface area contributed by atoms with Gasteiger partial charge in [-0.15, -0.1) is 0 Å². The summed E-state index contributed by atoms with van der Waals surface area (Å²) < 4.78 is 10.1. The largest absolute Gasteiger partial charge is 0.462 e. The molecule has 0 aromatic heterocycles. The Labute approximate surface area is 250 Å². The van der Waals surface area contributed by atoms with E-state index in [1.54, 1.807) is 13.8 Å². The summed E-state index contributed by atoms with van der Waals surface area (Å²) in [6.07, 6.45) is 31.8. The molecule has 0 saturated heterocycles. The number of ether oxygens (including phenoxy) is 2. The lowest BCUT2D eigenvalue weighted by atomic mass is 10.0. The van der Waals surface area contributed by atoms with Gasteiger partial charge in [0, 0.05) is 11.1 Å². The fourth-order valence-corrected chi connectivity index (χ4v) is 4.46. The number of hydrogen-bond acceptors (Lipinski definition) is 4. The highest BCUT2D eigenvalue weighted by Gasteiger charge is 2.02. The van der Waals surface area contributed by atoms with Crippen molar-refractivity contribution in [2.24, 2.45) is 0 Å². The van der Waals surface area contributed by atoms with Crippen LogP contribution in [0.15, 0.2) is 24.3 Å². The Kier molecular flexibility index (Phi) is 34.1. The van der Waals surface area contributed by atoms with Crippen LogP contribution < -0.4 is 0 Å². The fraction of sp³-hybridized carbons (Fsp3) is 0.833.